The molecule has 0 atom stereocenters. The van der Waals surface area contributed by atoms with Crippen LogP contribution in [-0.2, 0) is 18.0 Å². The smallest absolute Gasteiger partial charge is 0.331 e. The van der Waals surface area contributed by atoms with E-state index in [1.165, 1.54) is 41.1 Å². The van der Waals surface area contributed by atoms with E-state index in [2.05, 4.69) is 9.97 Å². The van der Waals surface area contributed by atoms with Crippen LogP contribution in [0.3, 0.4) is 0 Å². The van der Waals surface area contributed by atoms with Crippen LogP contribution >= 0.6 is 11.6 Å². The zero-order chi connectivity index (χ0) is 29.6. The number of anilines is 1. The van der Waals surface area contributed by atoms with Crippen molar-refractivity contribution in [2.75, 3.05) is 11.2 Å². The molecule has 13 heteroatoms. The second kappa shape index (κ2) is 10.4. The second-order valence-corrected chi connectivity index (χ2v) is 9.35. The maximum absolute atomic E-state index is 14.7. The van der Waals surface area contributed by atoms with Gasteiger partial charge in [-0.25, -0.2) is 13.8 Å². The molecule has 0 unspecified atom stereocenters. The molecule has 5 rings (SSSR count). The van der Waals surface area contributed by atoms with Gasteiger partial charge < -0.3 is 14.3 Å². The Morgan fingerprint density at radius 2 is 1.78 bits per heavy atom. The summed E-state index contributed by atoms with van der Waals surface area (Å²) in [5, 5.41) is 2.05. The van der Waals surface area contributed by atoms with Crippen LogP contribution in [0.15, 0.2) is 60.9 Å². The Kier molecular flexibility index (Phi) is 7.12. The summed E-state index contributed by atoms with van der Waals surface area (Å²) in [5.74, 6) is -3.49. The number of imidazole rings is 1. The van der Waals surface area contributed by atoms with E-state index in [-0.39, 0.29) is 39.4 Å². The van der Waals surface area contributed by atoms with Crippen molar-refractivity contribution in [3.8, 4) is 11.3 Å². The van der Waals surface area contributed by atoms with Gasteiger partial charge >= 0.3 is 6.18 Å². The lowest BCUT2D eigenvalue weighted by molar-refractivity contribution is -0.137. The van der Waals surface area contributed by atoms with Crippen LogP contribution < -0.4 is 5.32 Å². The largest absolute Gasteiger partial charge is 0.417 e. The number of nitrogens with one attached hydrogen (secondary N) is 1. The molecule has 210 valence electrons. The average Bonchev–Trinajstić information content (AvgIpc) is 3.48. The molecule has 2 aromatic carbocycles. The number of benzene rings is 2. The molecule has 3 heterocycles. The lowest BCUT2D eigenvalue weighted by atomic mass is 10.0. The fourth-order valence-electron chi connectivity index (χ4n) is 4.51. The SMILES string of the molecule is Cc1nc2cc(-c3nccn4c(C(=O)c5cc(F)c(NC(=O)/C=C/CCl)c(F)c5)ccc34)c(C(F)(F)F)cc2n1C. The number of hydrogen-bond donors (Lipinski definition) is 1. The van der Waals surface area contributed by atoms with E-state index in [9.17, 15) is 31.5 Å². The zero-order valence-electron chi connectivity index (χ0n) is 21.4. The summed E-state index contributed by atoms with van der Waals surface area (Å²) in [4.78, 5) is 33.6. The monoisotopic (exact) mass is 587 g/mol. The van der Waals surface area contributed by atoms with Gasteiger partial charge in [0, 0.05) is 42.5 Å². The topological polar surface area (TPSA) is 81.3 Å². The van der Waals surface area contributed by atoms with E-state index in [0.717, 1.165) is 24.3 Å². The van der Waals surface area contributed by atoms with Gasteiger partial charge in [0.25, 0.3) is 0 Å². The fraction of sp³-hybridized carbons (Fsp3) is 0.143. The van der Waals surface area contributed by atoms with Gasteiger partial charge in [-0.15, -0.1) is 11.6 Å². The van der Waals surface area contributed by atoms with E-state index < -0.39 is 40.8 Å². The first-order chi connectivity index (χ1) is 19.4. The number of hydrogen-bond acceptors (Lipinski definition) is 4. The average molecular weight is 588 g/mol. The van der Waals surface area contributed by atoms with Crippen molar-refractivity contribution in [1.82, 2.24) is 18.9 Å². The molecule has 0 aliphatic heterocycles. The number of halogens is 6. The van der Waals surface area contributed by atoms with E-state index in [0.29, 0.717) is 11.3 Å². The summed E-state index contributed by atoms with van der Waals surface area (Å²) < 4.78 is 74.8. The summed E-state index contributed by atoms with van der Waals surface area (Å²) >= 11 is 5.45. The first-order valence-electron chi connectivity index (χ1n) is 12.0. The Balaban J connectivity index is 1.59. The molecule has 1 amide bonds. The van der Waals surface area contributed by atoms with Gasteiger partial charge in [-0.05, 0) is 43.3 Å². The molecule has 1 N–H and O–H groups in total. The molecule has 0 aliphatic carbocycles. The normalized spacial score (nSPS) is 12.1. The second-order valence-electron chi connectivity index (χ2n) is 9.04. The Morgan fingerprint density at radius 3 is 2.44 bits per heavy atom. The van der Waals surface area contributed by atoms with Crippen molar-refractivity contribution in [2.24, 2.45) is 7.05 Å². The fourth-order valence-corrected chi connectivity index (χ4v) is 4.60. The number of fused-ring (bicyclic) bond motifs is 2. The van der Waals surface area contributed by atoms with Crippen LogP contribution in [0, 0.1) is 18.6 Å². The van der Waals surface area contributed by atoms with Crippen molar-refractivity contribution in [2.45, 2.75) is 13.1 Å². The Bertz CT molecular complexity index is 1870. The Morgan fingerprint density at radius 1 is 1.07 bits per heavy atom. The standard InChI is InChI=1S/C28H19ClF5N5O2/c1-14-36-20-12-16(17(28(32,33)34)13-23(20)38(14)2)25-21-5-6-22(39(21)9-8-35-25)27(41)15-10-18(30)26(19(31)11-15)37-24(40)4-3-7-29/h3-6,8-13H,7H2,1-2H3,(H,37,40)/b4-3+. The first kappa shape index (κ1) is 28.0. The maximum atomic E-state index is 14.7. The molecule has 3 aromatic heterocycles. The zero-order valence-corrected chi connectivity index (χ0v) is 22.1. The van der Waals surface area contributed by atoms with Crippen molar-refractivity contribution in [1.29, 1.82) is 0 Å². The van der Waals surface area contributed by atoms with Crippen LogP contribution in [0.2, 0.25) is 0 Å². The maximum Gasteiger partial charge on any atom is 0.417 e. The van der Waals surface area contributed by atoms with Crippen LogP contribution in [0.1, 0.15) is 27.4 Å². The molecule has 0 spiro atoms. The Labute approximate surface area is 233 Å². The lowest BCUT2D eigenvalue weighted by Crippen LogP contribution is -2.13. The van der Waals surface area contributed by atoms with Gasteiger partial charge in [0.15, 0.2) is 0 Å². The van der Waals surface area contributed by atoms with Crippen molar-refractivity contribution in [3.63, 3.8) is 0 Å². The van der Waals surface area contributed by atoms with Gasteiger partial charge in [0.1, 0.15) is 23.1 Å². The van der Waals surface area contributed by atoms with E-state index in [4.69, 9.17) is 11.6 Å². The molecule has 0 radical (unpaired) electrons. The van der Waals surface area contributed by atoms with Gasteiger partial charge in [0.05, 0.1) is 33.5 Å². The summed E-state index contributed by atoms with van der Waals surface area (Å²) in [6, 6.07) is 6.53. The summed E-state index contributed by atoms with van der Waals surface area (Å²) in [6.07, 6.45) is 0.126. The minimum Gasteiger partial charge on any atom is -0.331 e. The van der Waals surface area contributed by atoms with Crippen molar-refractivity contribution >= 4 is 45.5 Å². The number of aromatic nitrogens is 4. The minimum absolute atomic E-state index is 0.0171. The van der Waals surface area contributed by atoms with Gasteiger partial charge in [0.2, 0.25) is 11.7 Å². The van der Waals surface area contributed by atoms with E-state index in [1.807, 2.05) is 5.32 Å². The molecule has 0 bridgehead atoms. The van der Waals surface area contributed by atoms with E-state index in [1.54, 1.807) is 18.5 Å². The summed E-state index contributed by atoms with van der Waals surface area (Å²) in [5.41, 5.74) is -1.68. The summed E-state index contributed by atoms with van der Waals surface area (Å²) in [7, 11) is 1.61. The molecular weight excluding hydrogens is 569 g/mol. The third-order valence-corrected chi connectivity index (χ3v) is 6.71. The molecule has 0 saturated carbocycles. The number of carbonyl (C=O) groups is 2. The first-order valence-corrected chi connectivity index (χ1v) is 12.5. The number of amides is 1. The number of alkyl halides is 4. The van der Waals surface area contributed by atoms with Crippen LogP contribution in [-0.4, -0.2) is 36.5 Å². The van der Waals surface area contributed by atoms with Gasteiger partial charge in [-0.1, -0.05) is 6.08 Å². The third-order valence-electron chi connectivity index (χ3n) is 6.53. The van der Waals surface area contributed by atoms with Crippen molar-refractivity contribution < 1.29 is 31.5 Å². The quantitative estimate of drug-likeness (QED) is 0.107. The lowest BCUT2D eigenvalue weighted by Gasteiger charge is -2.14. The molecule has 41 heavy (non-hydrogen) atoms. The highest BCUT2D eigenvalue weighted by molar-refractivity contribution is 6.19. The third kappa shape index (κ3) is 5.06. The molecule has 5 aromatic rings. The van der Waals surface area contributed by atoms with Crippen molar-refractivity contribution in [3.05, 3.63) is 95.2 Å². The van der Waals surface area contributed by atoms with E-state index >= 15 is 0 Å². The van der Waals surface area contributed by atoms with Crippen LogP contribution in [0.25, 0.3) is 27.8 Å². The molecular formula is C28H19ClF5N5O2. The number of aryl methyl sites for hydroxylation is 2. The number of ketones is 1. The number of carbonyl (C=O) groups excluding carboxylic acids is 2. The predicted molar refractivity (Wildman–Crippen MR) is 143 cm³/mol. The highest BCUT2D eigenvalue weighted by Gasteiger charge is 2.36. The highest BCUT2D eigenvalue weighted by atomic mass is 35.5. The molecule has 0 aliphatic rings. The number of allylic oxidation sites excluding steroid dienone is 1. The van der Waals surface area contributed by atoms with Gasteiger partial charge in [-0.3, -0.25) is 14.6 Å². The summed E-state index contributed by atoms with van der Waals surface area (Å²) in [6.45, 7) is 1.67. The number of rotatable bonds is 6. The molecule has 0 saturated heterocycles. The highest BCUT2D eigenvalue weighted by Crippen LogP contribution is 2.40. The predicted octanol–water partition coefficient (Wildman–Crippen LogP) is 6.46. The minimum atomic E-state index is -4.73. The van der Waals surface area contributed by atoms with Crippen LogP contribution in [0.4, 0.5) is 27.6 Å². The Hall–Kier alpha value is -4.58. The van der Waals surface area contributed by atoms with Gasteiger partial charge in [-0.2, -0.15) is 13.2 Å². The number of nitrogens with zero attached hydrogens (tertiary/aromatic N) is 4. The van der Waals surface area contributed by atoms with Crippen LogP contribution in [0.5, 0.6) is 0 Å². The molecule has 0 fully saturated rings. The molecule has 7 nitrogen and oxygen atoms in total.